The SMILES string of the molecule is C1CN(CCN(CC2CC2)CC2CC2)CCN1. The molecule has 0 atom stereocenters. The maximum atomic E-state index is 3.43. The van der Waals surface area contributed by atoms with Gasteiger partial charge < -0.3 is 10.2 Å². The zero-order valence-corrected chi connectivity index (χ0v) is 11.0. The van der Waals surface area contributed by atoms with E-state index in [4.69, 9.17) is 0 Å². The summed E-state index contributed by atoms with van der Waals surface area (Å²) in [6, 6.07) is 0. The van der Waals surface area contributed by atoms with Crippen molar-refractivity contribution >= 4 is 0 Å². The Labute approximate surface area is 106 Å². The standard InChI is InChI=1S/C14H27N3/c1-2-13(1)11-17(12-14-3-4-14)10-9-16-7-5-15-6-8-16/h13-15H,1-12H2. The zero-order chi connectivity index (χ0) is 11.5. The van der Waals surface area contributed by atoms with Gasteiger partial charge in [0.15, 0.2) is 0 Å². The van der Waals surface area contributed by atoms with Crippen molar-refractivity contribution < 1.29 is 0 Å². The van der Waals surface area contributed by atoms with Crippen molar-refractivity contribution in [1.82, 2.24) is 15.1 Å². The fourth-order valence-corrected chi connectivity index (χ4v) is 2.81. The van der Waals surface area contributed by atoms with Gasteiger partial charge in [-0.25, -0.2) is 0 Å². The topological polar surface area (TPSA) is 18.5 Å². The molecule has 0 unspecified atom stereocenters. The second kappa shape index (κ2) is 5.68. The van der Waals surface area contributed by atoms with Gasteiger partial charge in [0.2, 0.25) is 0 Å². The fourth-order valence-electron chi connectivity index (χ4n) is 2.81. The van der Waals surface area contributed by atoms with Crippen molar-refractivity contribution in [2.45, 2.75) is 25.7 Å². The van der Waals surface area contributed by atoms with Crippen LogP contribution >= 0.6 is 0 Å². The van der Waals surface area contributed by atoms with Crippen LogP contribution in [-0.2, 0) is 0 Å². The zero-order valence-electron chi connectivity index (χ0n) is 11.0. The van der Waals surface area contributed by atoms with Gasteiger partial charge in [0.05, 0.1) is 0 Å². The van der Waals surface area contributed by atoms with Gasteiger partial charge in [0.25, 0.3) is 0 Å². The molecule has 0 radical (unpaired) electrons. The molecule has 2 saturated carbocycles. The van der Waals surface area contributed by atoms with Gasteiger partial charge in [-0.05, 0) is 37.5 Å². The van der Waals surface area contributed by atoms with Gasteiger partial charge in [-0.3, -0.25) is 4.90 Å². The Bertz CT molecular complexity index is 216. The third kappa shape index (κ3) is 4.23. The average molecular weight is 237 g/mol. The molecular formula is C14H27N3. The van der Waals surface area contributed by atoms with Crippen LogP contribution in [0.25, 0.3) is 0 Å². The Balaban J connectivity index is 1.38. The van der Waals surface area contributed by atoms with E-state index in [0.717, 1.165) is 11.8 Å². The Morgan fingerprint density at radius 2 is 1.53 bits per heavy atom. The Kier molecular flexibility index (Phi) is 3.99. The van der Waals surface area contributed by atoms with Gasteiger partial charge in [-0.1, -0.05) is 0 Å². The van der Waals surface area contributed by atoms with Crippen LogP contribution in [-0.4, -0.2) is 62.2 Å². The van der Waals surface area contributed by atoms with Crippen LogP contribution < -0.4 is 5.32 Å². The van der Waals surface area contributed by atoms with Gasteiger partial charge in [0.1, 0.15) is 0 Å². The number of hydrogen-bond acceptors (Lipinski definition) is 3. The number of piperazine rings is 1. The molecule has 2 aliphatic carbocycles. The summed E-state index contributed by atoms with van der Waals surface area (Å²) in [5.74, 6) is 2.11. The monoisotopic (exact) mass is 237 g/mol. The number of rotatable bonds is 7. The highest BCUT2D eigenvalue weighted by Gasteiger charge is 2.29. The van der Waals surface area contributed by atoms with Gasteiger partial charge >= 0.3 is 0 Å². The molecule has 0 aromatic heterocycles. The van der Waals surface area contributed by atoms with Crippen molar-refractivity contribution in [3.63, 3.8) is 0 Å². The fraction of sp³-hybridized carbons (Fsp3) is 1.00. The van der Waals surface area contributed by atoms with E-state index in [0.29, 0.717) is 0 Å². The highest BCUT2D eigenvalue weighted by molar-refractivity contribution is 4.83. The summed E-state index contributed by atoms with van der Waals surface area (Å²) in [4.78, 5) is 5.39. The van der Waals surface area contributed by atoms with Crippen molar-refractivity contribution in [2.24, 2.45) is 11.8 Å². The molecule has 17 heavy (non-hydrogen) atoms. The summed E-state index contributed by atoms with van der Waals surface area (Å²) in [6.45, 7) is 10.3. The number of nitrogens with zero attached hydrogens (tertiary/aromatic N) is 2. The molecule has 0 aromatic carbocycles. The molecule has 3 fully saturated rings. The Hall–Kier alpha value is -0.120. The lowest BCUT2D eigenvalue weighted by Gasteiger charge is -2.30. The third-order valence-corrected chi connectivity index (χ3v) is 4.37. The van der Waals surface area contributed by atoms with Crippen LogP contribution in [0.5, 0.6) is 0 Å². The molecule has 3 rings (SSSR count). The second-order valence-electron chi connectivity index (χ2n) is 6.24. The van der Waals surface area contributed by atoms with E-state index in [1.54, 1.807) is 0 Å². The van der Waals surface area contributed by atoms with Crippen LogP contribution in [0.1, 0.15) is 25.7 Å². The van der Waals surface area contributed by atoms with Crippen molar-refractivity contribution in [3.05, 3.63) is 0 Å². The van der Waals surface area contributed by atoms with Gasteiger partial charge in [0, 0.05) is 52.4 Å². The number of nitrogens with one attached hydrogen (secondary N) is 1. The van der Waals surface area contributed by atoms with Gasteiger partial charge in [-0.2, -0.15) is 0 Å². The normalized spacial score (nSPS) is 26.6. The summed E-state index contributed by atoms with van der Waals surface area (Å²) >= 11 is 0. The molecule has 0 bridgehead atoms. The van der Waals surface area contributed by atoms with Crippen LogP contribution in [0.2, 0.25) is 0 Å². The number of hydrogen-bond donors (Lipinski definition) is 1. The molecule has 3 nitrogen and oxygen atoms in total. The first kappa shape index (κ1) is 11.9. The van der Waals surface area contributed by atoms with E-state index in [1.807, 2.05) is 0 Å². The molecule has 0 spiro atoms. The molecule has 1 N–H and O–H groups in total. The molecule has 98 valence electrons. The Morgan fingerprint density at radius 1 is 0.941 bits per heavy atom. The lowest BCUT2D eigenvalue weighted by atomic mass is 10.3. The highest BCUT2D eigenvalue weighted by atomic mass is 15.2. The van der Waals surface area contributed by atoms with Crippen LogP contribution in [0.3, 0.4) is 0 Å². The van der Waals surface area contributed by atoms with Crippen molar-refractivity contribution in [1.29, 1.82) is 0 Å². The van der Waals surface area contributed by atoms with E-state index in [-0.39, 0.29) is 0 Å². The van der Waals surface area contributed by atoms with Crippen LogP contribution in [0, 0.1) is 11.8 Å². The maximum absolute atomic E-state index is 3.43. The minimum absolute atomic E-state index is 1.05. The predicted octanol–water partition coefficient (Wildman–Crippen LogP) is 1.01. The van der Waals surface area contributed by atoms with E-state index < -0.39 is 0 Å². The first-order chi connectivity index (χ1) is 8.40. The largest absolute Gasteiger partial charge is 0.314 e. The van der Waals surface area contributed by atoms with Crippen molar-refractivity contribution in [2.75, 3.05) is 52.4 Å². The minimum atomic E-state index is 1.05. The maximum Gasteiger partial charge on any atom is 0.0110 e. The molecule has 1 aliphatic heterocycles. The quantitative estimate of drug-likeness (QED) is 0.713. The average Bonchev–Trinajstić information content (AvgIpc) is 3.23. The molecule has 3 heteroatoms. The Morgan fingerprint density at radius 3 is 2.06 bits per heavy atom. The summed E-state index contributed by atoms with van der Waals surface area (Å²) in [5, 5.41) is 3.43. The molecule has 1 heterocycles. The van der Waals surface area contributed by atoms with E-state index in [2.05, 4.69) is 15.1 Å². The lowest BCUT2D eigenvalue weighted by Crippen LogP contribution is -2.46. The molecule has 1 saturated heterocycles. The molecule has 0 aromatic rings. The first-order valence-electron chi connectivity index (χ1n) is 7.55. The first-order valence-corrected chi connectivity index (χ1v) is 7.55. The smallest absolute Gasteiger partial charge is 0.0110 e. The lowest BCUT2D eigenvalue weighted by molar-refractivity contribution is 0.180. The molecule has 0 amide bonds. The van der Waals surface area contributed by atoms with Crippen LogP contribution in [0.15, 0.2) is 0 Å². The minimum Gasteiger partial charge on any atom is -0.314 e. The van der Waals surface area contributed by atoms with E-state index in [1.165, 1.54) is 78.0 Å². The van der Waals surface area contributed by atoms with Gasteiger partial charge in [-0.15, -0.1) is 0 Å². The molecule has 3 aliphatic rings. The summed E-state index contributed by atoms with van der Waals surface area (Å²) in [6.07, 6.45) is 5.98. The highest BCUT2D eigenvalue weighted by Crippen LogP contribution is 2.33. The second-order valence-corrected chi connectivity index (χ2v) is 6.24. The van der Waals surface area contributed by atoms with E-state index in [9.17, 15) is 0 Å². The predicted molar refractivity (Wildman–Crippen MR) is 71.2 cm³/mol. The summed E-state index contributed by atoms with van der Waals surface area (Å²) < 4.78 is 0. The van der Waals surface area contributed by atoms with Crippen LogP contribution in [0.4, 0.5) is 0 Å². The summed E-state index contributed by atoms with van der Waals surface area (Å²) in [5.41, 5.74) is 0. The summed E-state index contributed by atoms with van der Waals surface area (Å²) in [7, 11) is 0. The van der Waals surface area contributed by atoms with E-state index >= 15 is 0 Å². The molecular weight excluding hydrogens is 210 g/mol. The van der Waals surface area contributed by atoms with Crippen molar-refractivity contribution in [3.8, 4) is 0 Å². The third-order valence-electron chi connectivity index (χ3n) is 4.37.